The van der Waals surface area contributed by atoms with Crippen LogP contribution in [-0.2, 0) is 0 Å². The Hall–Kier alpha value is -7.63. The zero-order valence-electron chi connectivity index (χ0n) is 29.9. The number of aromatic nitrogens is 3. The average molecular weight is 716 g/mol. The first-order chi connectivity index (χ1) is 27.7. The van der Waals surface area contributed by atoms with Crippen LogP contribution in [0.15, 0.2) is 185 Å². The summed E-state index contributed by atoms with van der Waals surface area (Å²) in [4.78, 5) is 15.5. The van der Waals surface area contributed by atoms with Crippen LogP contribution in [0.2, 0.25) is 0 Å². The molecule has 9 aromatic carbocycles. The van der Waals surface area contributed by atoms with Gasteiger partial charge in [-0.2, -0.15) is 0 Å². The fourth-order valence-electron chi connectivity index (χ4n) is 8.49. The summed E-state index contributed by atoms with van der Waals surface area (Å²) in [6, 6.07) is 61.2. The van der Waals surface area contributed by atoms with E-state index in [0.717, 1.165) is 66.1 Å². The lowest BCUT2D eigenvalue weighted by Gasteiger charge is -2.14. The maximum Gasteiger partial charge on any atom is 0.164 e. The van der Waals surface area contributed by atoms with E-state index in [9.17, 15) is 0 Å². The lowest BCUT2D eigenvalue weighted by atomic mass is 9.90. The third kappa shape index (κ3) is 4.71. The van der Waals surface area contributed by atoms with E-state index >= 15 is 0 Å². The Kier molecular flexibility index (Phi) is 6.56. The van der Waals surface area contributed by atoms with Gasteiger partial charge >= 0.3 is 0 Å². The highest BCUT2D eigenvalue weighted by Gasteiger charge is 2.19. The maximum atomic E-state index is 6.30. The molecule has 0 aliphatic heterocycles. The van der Waals surface area contributed by atoms with Gasteiger partial charge in [0.05, 0.1) is 0 Å². The summed E-state index contributed by atoms with van der Waals surface area (Å²) in [5.74, 6) is 1.72. The Bertz CT molecular complexity index is 3540. The number of nitrogens with zero attached hydrogens (tertiary/aromatic N) is 3. The van der Waals surface area contributed by atoms with Crippen molar-refractivity contribution < 1.29 is 8.83 Å². The summed E-state index contributed by atoms with van der Waals surface area (Å²) in [5, 5.41) is 11.5. The molecule has 0 atom stereocenters. The molecule has 0 spiro atoms. The van der Waals surface area contributed by atoms with Gasteiger partial charge < -0.3 is 8.83 Å². The van der Waals surface area contributed by atoms with Crippen molar-refractivity contribution in [3.05, 3.63) is 176 Å². The van der Waals surface area contributed by atoms with Gasteiger partial charge in [-0.1, -0.05) is 140 Å². The Morgan fingerprint density at radius 1 is 0.286 bits per heavy atom. The van der Waals surface area contributed by atoms with Gasteiger partial charge in [0.2, 0.25) is 0 Å². The minimum atomic E-state index is 0.563. The topological polar surface area (TPSA) is 65.0 Å². The number of hydrogen-bond donors (Lipinski definition) is 0. The van der Waals surface area contributed by atoms with E-state index in [4.69, 9.17) is 23.8 Å². The summed E-state index contributed by atoms with van der Waals surface area (Å²) in [5.41, 5.74) is 8.18. The molecule has 0 saturated heterocycles. The summed E-state index contributed by atoms with van der Waals surface area (Å²) in [6.45, 7) is 0. The molecule has 56 heavy (non-hydrogen) atoms. The molecule has 5 nitrogen and oxygen atoms in total. The monoisotopic (exact) mass is 715 g/mol. The Morgan fingerprint density at radius 2 is 0.857 bits per heavy atom. The van der Waals surface area contributed by atoms with Gasteiger partial charge in [-0.3, -0.25) is 0 Å². The van der Waals surface area contributed by atoms with Crippen molar-refractivity contribution in [2.75, 3.05) is 0 Å². The number of fused-ring (bicyclic) bond motifs is 11. The molecule has 0 aliphatic rings. The molecule has 0 amide bonds. The van der Waals surface area contributed by atoms with E-state index < -0.39 is 0 Å². The Morgan fingerprint density at radius 3 is 1.70 bits per heavy atom. The van der Waals surface area contributed by atoms with Crippen LogP contribution in [0.5, 0.6) is 0 Å². The van der Waals surface area contributed by atoms with E-state index in [2.05, 4.69) is 121 Å². The highest BCUT2D eigenvalue weighted by atomic mass is 16.3. The van der Waals surface area contributed by atoms with Gasteiger partial charge in [-0.25, -0.2) is 15.0 Å². The van der Waals surface area contributed by atoms with E-state index in [-0.39, 0.29) is 0 Å². The van der Waals surface area contributed by atoms with Crippen molar-refractivity contribution >= 4 is 76.2 Å². The molecule has 3 heterocycles. The number of hydrogen-bond acceptors (Lipinski definition) is 5. The van der Waals surface area contributed by atoms with Crippen molar-refractivity contribution in [1.29, 1.82) is 0 Å². The number of furan rings is 2. The fourth-order valence-corrected chi connectivity index (χ4v) is 8.49. The van der Waals surface area contributed by atoms with Crippen molar-refractivity contribution in [3.8, 4) is 45.3 Å². The number of para-hydroxylation sites is 2. The summed E-state index contributed by atoms with van der Waals surface area (Å²) >= 11 is 0. The van der Waals surface area contributed by atoms with Gasteiger partial charge in [0, 0.05) is 38.2 Å². The normalized spacial score (nSPS) is 11.9. The fraction of sp³-hybridized carbons (Fsp3) is 0. The predicted molar refractivity (Wildman–Crippen MR) is 229 cm³/mol. The van der Waals surface area contributed by atoms with Crippen LogP contribution in [0.4, 0.5) is 0 Å². The Labute approximate surface area is 320 Å². The molecule has 0 fully saturated rings. The standard InChI is InChI=1S/C51H29N3O2/c1-4-13-36-30(10-1)24-27-39-35-12-3-2-11-33(35)28-42(47(36)39)31-20-22-32(23-21-31)49-52-50(34-25-26-38-37-14-5-7-17-43(37)56-46(38)29-34)54-51(53-49)41-16-9-19-45-48(41)40-15-6-8-18-44(40)55-45/h1-29H. The maximum absolute atomic E-state index is 6.30. The van der Waals surface area contributed by atoms with Gasteiger partial charge in [-0.05, 0) is 79.8 Å². The van der Waals surface area contributed by atoms with E-state index in [1.807, 2.05) is 54.6 Å². The van der Waals surface area contributed by atoms with E-state index in [0.29, 0.717) is 17.5 Å². The number of rotatable bonds is 4. The molecule has 12 aromatic rings. The second-order valence-electron chi connectivity index (χ2n) is 14.3. The molecule has 0 saturated carbocycles. The smallest absolute Gasteiger partial charge is 0.164 e. The third-order valence-corrected chi connectivity index (χ3v) is 11.1. The van der Waals surface area contributed by atoms with Gasteiger partial charge in [0.15, 0.2) is 17.5 Å². The quantitative estimate of drug-likeness (QED) is 0.170. The van der Waals surface area contributed by atoms with Crippen LogP contribution in [0.3, 0.4) is 0 Å². The van der Waals surface area contributed by atoms with E-state index in [1.54, 1.807) is 0 Å². The predicted octanol–water partition coefficient (Wildman–Crippen LogP) is 13.8. The molecule has 12 rings (SSSR count). The summed E-state index contributed by atoms with van der Waals surface area (Å²) in [6.07, 6.45) is 0. The molecule has 0 N–H and O–H groups in total. The summed E-state index contributed by atoms with van der Waals surface area (Å²) in [7, 11) is 0. The second kappa shape index (κ2) is 11.9. The van der Waals surface area contributed by atoms with Crippen LogP contribution in [0.25, 0.3) is 121 Å². The zero-order chi connectivity index (χ0) is 36.7. The SMILES string of the molecule is c1ccc2c(c1)cc(-c1ccc(-c3nc(-c4ccc5c(c4)oc4ccccc45)nc(-c4cccc5oc6ccccc6c45)n3)cc1)c1c3ccccc3ccc21. The molecule has 3 aromatic heterocycles. The molecule has 5 heteroatoms. The first-order valence-electron chi connectivity index (χ1n) is 18.8. The van der Waals surface area contributed by atoms with Crippen LogP contribution in [0.1, 0.15) is 0 Å². The van der Waals surface area contributed by atoms with Crippen LogP contribution in [-0.4, -0.2) is 15.0 Å². The largest absolute Gasteiger partial charge is 0.456 e. The first-order valence-corrected chi connectivity index (χ1v) is 18.8. The van der Waals surface area contributed by atoms with Crippen molar-refractivity contribution in [2.24, 2.45) is 0 Å². The third-order valence-electron chi connectivity index (χ3n) is 11.1. The molecule has 0 radical (unpaired) electrons. The molecular formula is C51H29N3O2. The van der Waals surface area contributed by atoms with Crippen LogP contribution in [0, 0.1) is 0 Å². The zero-order valence-corrected chi connectivity index (χ0v) is 29.9. The minimum Gasteiger partial charge on any atom is -0.456 e. The highest BCUT2D eigenvalue weighted by molar-refractivity contribution is 6.23. The van der Waals surface area contributed by atoms with Gasteiger partial charge in [0.1, 0.15) is 22.3 Å². The van der Waals surface area contributed by atoms with Crippen LogP contribution >= 0.6 is 0 Å². The molecule has 0 unspecified atom stereocenters. The van der Waals surface area contributed by atoms with Crippen LogP contribution < -0.4 is 0 Å². The molecule has 0 aliphatic carbocycles. The minimum absolute atomic E-state index is 0.563. The van der Waals surface area contributed by atoms with Crippen molar-refractivity contribution in [1.82, 2.24) is 15.0 Å². The lowest BCUT2D eigenvalue weighted by Crippen LogP contribution is -2.00. The molecule has 260 valence electrons. The van der Waals surface area contributed by atoms with Crippen molar-refractivity contribution in [2.45, 2.75) is 0 Å². The molecular weight excluding hydrogens is 687 g/mol. The lowest BCUT2D eigenvalue weighted by molar-refractivity contribution is 0.668. The van der Waals surface area contributed by atoms with E-state index in [1.165, 1.54) is 37.9 Å². The summed E-state index contributed by atoms with van der Waals surface area (Å²) < 4.78 is 12.6. The van der Waals surface area contributed by atoms with Gasteiger partial charge in [-0.15, -0.1) is 0 Å². The van der Waals surface area contributed by atoms with Crippen molar-refractivity contribution in [3.63, 3.8) is 0 Å². The second-order valence-corrected chi connectivity index (χ2v) is 14.3. The molecule has 0 bridgehead atoms. The highest BCUT2D eigenvalue weighted by Crippen LogP contribution is 2.41. The first kappa shape index (κ1) is 30.8. The average Bonchev–Trinajstić information content (AvgIpc) is 3.84. The number of benzene rings is 9. The van der Waals surface area contributed by atoms with Gasteiger partial charge in [0.25, 0.3) is 0 Å². The Balaban J connectivity index is 1.06.